The number of ether oxygens (including phenoxy) is 1. The van der Waals surface area contributed by atoms with Crippen LogP contribution in [0.25, 0.3) is 10.2 Å². The first-order valence-corrected chi connectivity index (χ1v) is 7.23. The number of nitrogens with zero attached hydrogens (tertiary/aromatic N) is 1. The van der Waals surface area contributed by atoms with E-state index < -0.39 is 0 Å². The second kappa shape index (κ2) is 6.02. The van der Waals surface area contributed by atoms with Crippen LogP contribution in [0.1, 0.15) is 26.3 Å². The zero-order valence-corrected chi connectivity index (χ0v) is 12.2. The predicted molar refractivity (Wildman–Crippen MR) is 78.7 cm³/mol. The Morgan fingerprint density at radius 1 is 1.47 bits per heavy atom. The van der Waals surface area contributed by atoms with Gasteiger partial charge >= 0.3 is 5.97 Å². The normalized spacial score (nSPS) is 10.9. The molecule has 1 aromatic carbocycles. The standard InChI is InChI=1S/C14H18N2O2S/c1-4-15-14-16-11-6-5-10(7-12(11)19-14)8-13(17)18-9(2)3/h5-7,9H,4,8H2,1-3H3,(H,15,16). The molecule has 0 saturated carbocycles. The minimum absolute atomic E-state index is 0.0695. The zero-order valence-electron chi connectivity index (χ0n) is 11.4. The summed E-state index contributed by atoms with van der Waals surface area (Å²) in [5.74, 6) is -0.189. The van der Waals surface area contributed by atoms with E-state index in [0.29, 0.717) is 6.42 Å². The molecule has 0 fully saturated rings. The van der Waals surface area contributed by atoms with Crippen molar-refractivity contribution >= 4 is 32.7 Å². The van der Waals surface area contributed by atoms with Crippen LogP contribution in [-0.4, -0.2) is 23.6 Å². The first-order valence-electron chi connectivity index (χ1n) is 6.41. The molecule has 4 nitrogen and oxygen atoms in total. The fourth-order valence-electron chi connectivity index (χ4n) is 1.78. The molecular formula is C14H18N2O2S. The molecule has 19 heavy (non-hydrogen) atoms. The van der Waals surface area contributed by atoms with Crippen molar-refractivity contribution in [3.05, 3.63) is 23.8 Å². The molecule has 0 aliphatic carbocycles. The lowest BCUT2D eigenvalue weighted by Gasteiger charge is -2.07. The summed E-state index contributed by atoms with van der Waals surface area (Å²) in [7, 11) is 0. The van der Waals surface area contributed by atoms with Gasteiger partial charge in [-0.3, -0.25) is 4.79 Å². The summed E-state index contributed by atoms with van der Waals surface area (Å²) in [5, 5.41) is 4.12. The number of esters is 1. The van der Waals surface area contributed by atoms with Crippen LogP contribution < -0.4 is 5.32 Å². The Kier molecular flexibility index (Phi) is 4.37. The van der Waals surface area contributed by atoms with Gasteiger partial charge in [-0.15, -0.1) is 0 Å². The van der Waals surface area contributed by atoms with E-state index in [2.05, 4.69) is 10.3 Å². The second-order valence-electron chi connectivity index (χ2n) is 4.57. The lowest BCUT2D eigenvalue weighted by molar-refractivity contribution is -0.146. The number of carbonyl (C=O) groups excluding carboxylic acids is 1. The van der Waals surface area contributed by atoms with E-state index >= 15 is 0 Å². The van der Waals surface area contributed by atoms with E-state index in [1.807, 2.05) is 39.0 Å². The number of thiazole rings is 1. The molecule has 0 bridgehead atoms. The molecule has 2 aromatic rings. The lowest BCUT2D eigenvalue weighted by atomic mass is 10.1. The third kappa shape index (κ3) is 3.67. The van der Waals surface area contributed by atoms with Gasteiger partial charge in [0.25, 0.3) is 0 Å². The van der Waals surface area contributed by atoms with Crippen molar-refractivity contribution in [1.29, 1.82) is 0 Å². The number of aromatic nitrogens is 1. The Labute approximate surface area is 116 Å². The van der Waals surface area contributed by atoms with E-state index in [0.717, 1.165) is 27.5 Å². The maximum Gasteiger partial charge on any atom is 0.310 e. The summed E-state index contributed by atoms with van der Waals surface area (Å²) in [5.41, 5.74) is 1.92. The topological polar surface area (TPSA) is 51.2 Å². The molecule has 1 N–H and O–H groups in total. The fraction of sp³-hybridized carbons (Fsp3) is 0.429. The van der Waals surface area contributed by atoms with Crippen molar-refractivity contribution in [1.82, 2.24) is 4.98 Å². The van der Waals surface area contributed by atoms with Crippen LogP contribution in [-0.2, 0) is 16.0 Å². The highest BCUT2D eigenvalue weighted by Crippen LogP contribution is 2.26. The first kappa shape index (κ1) is 13.8. The molecule has 5 heteroatoms. The van der Waals surface area contributed by atoms with Crippen molar-refractivity contribution in [3.8, 4) is 0 Å². The predicted octanol–water partition coefficient (Wildman–Crippen LogP) is 3.22. The quantitative estimate of drug-likeness (QED) is 0.853. The summed E-state index contributed by atoms with van der Waals surface area (Å²) < 4.78 is 6.24. The molecule has 0 spiro atoms. The summed E-state index contributed by atoms with van der Waals surface area (Å²) in [6.07, 6.45) is 0.239. The van der Waals surface area contributed by atoms with E-state index in [9.17, 15) is 4.79 Å². The third-order valence-corrected chi connectivity index (χ3v) is 3.47. The molecule has 0 unspecified atom stereocenters. The summed E-state index contributed by atoms with van der Waals surface area (Å²) in [6.45, 7) is 6.60. The van der Waals surface area contributed by atoms with Gasteiger partial charge in [-0.05, 0) is 38.5 Å². The van der Waals surface area contributed by atoms with Gasteiger partial charge in [-0.1, -0.05) is 17.4 Å². The average Bonchev–Trinajstić information content (AvgIpc) is 2.69. The van der Waals surface area contributed by atoms with Gasteiger partial charge in [0.05, 0.1) is 22.7 Å². The Hall–Kier alpha value is -1.62. The van der Waals surface area contributed by atoms with Gasteiger partial charge in [0.1, 0.15) is 0 Å². The number of benzene rings is 1. The third-order valence-electron chi connectivity index (χ3n) is 2.50. The highest BCUT2D eigenvalue weighted by Gasteiger charge is 2.09. The van der Waals surface area contributed by atoms with Crippen LogP contribution >= 0.6 is 11.3 Å². The highest BCUT2D eigenvalue weighted by atomic mass is 32.1. The van der Waals surface area contributed by atoms with Crippen LogP contribution in [0.3, 0.4) is 0 Å². The minimum Gasteiger partial charge on any atom is -0.463 e. The molecule has 1 heterocycles. The molecular weight excluding hydrogens is 260 g/mol. The van der Waals surface area contributed by atoms with Gasteiger partial charge in [0.15, 0.2) is 5.13 Å². The Morgan fingerprint density at radius 2 is 2.26 bits per heavy atom. The van der Waals surface area contributed by atoms with Gasteiger partial charge in [0.2, 0.25) is 0 Å². The Balaban J connectivity index is 2.14. The van der Waals surface area contributed by atoms with Crippen molar-refractivity contribution in [3.63, 3.8) is 0 Å². The van der Waals surface area contributed by atoms with Crippen molar-refractivity contribution < 1.29 is 9.53 Å². The SMILES string of the molecule is CCNc1nc2ccc(CC(=O)OC(C)C)cc2s1. The molecule has 2 rings (SSSR count). The number of nitrogens with one attached hydrogen (secondary N) is 1. The highest BCUT2D eigenvalue weighted by molar-refractivity contribution is 7.22. The Morgan fingerprint density at radius 3 is 2.95 bits per heavy atom. The largest absolute Gasteiger partial charge is 0.463 e. The zero-order chi connectivity index (χ0) is 13.8. The van der Waals surface area contributed by atoms with Crippen molar-refractivity contribution in [2.45, 2.75) is 33.3 Å². The number of carbonyl (C=O) groups is 1. The average molecular weight is 278 g/mol. The maximum absolute atomic E-state index is 11.6. The summed E-state index contributed by atoms with van der Waals surface area (Å²) in [4.78, 5) is 16.1. The maximum atomic E-state index is 11.6. The molecule has 0 radical (unpaired) electrons. The number of rotatable bonds is 5. The Bertz CT molecular complexity index is 578. The molecule has 0 atom stereocenters. The van der Waals surface area contributed by atoms with Gasteiger partial charge in [-0.2, -0.15) is 0 Å². The number of fused-ring (bicyclic) bond motifs is 1. The molecule has 0 saturated heterocycles. The number of hydrogen-bond donors (Lipinski definition) is 1. The smallest absolute Gasteiger partial charge is 0.310 e. The summed E-state index contributed by atoms with van der Waals surface area (Å²) >= 11 is 1.60. The summed E-state index contributed by atoms with van der Waals surface area (Å²) in [6, 6.07) is 5.89. The van der Waals surface area contributed by atoms with Gasteiger partial charge in [-0.25, -0.2) is 4.98 Å². The molecule has 0 amide bonds. The monoisotopic (exact) mass is 278 g/mol. The van der Waals surface area contributed by atoms with Gasteiger partial charge < -0.3 is 10.1 Å². The molecule has 102 valence electrons. The van der Waals surface area contributed by atoms with Crippen molar-refractivity contribution in [2.75, 3.05) is 11.9 Å². The molecule has 1 aromatic heterocycles. The molecule has 0 aliphatic heterocycles. The van der Waals surface area contributed by atoms with Crippen LogP contribution in [0.15, 0.2) is 18.2 Å². The number of anilines is 1. The fourth-order valence-corrected chi connectivity index (χ4v) is 2.77. The van der Waals surface area contributed by atoms with Crippen molar-refractivity contribution in [2.24, 2.45) is 0 Å². The van der Waals surface area contributed by atoms with Crippen LogP contribution in [0.5, 0.6) is 0 Å². The van der Waals surface area contributed by atoms with Crippen LogP contribution in [0.4, 0.5) is 5.13 Å². The van der Waals surface area contributed by atoms with Crippen LogP contribution in [0, 0.1) is 0 Å². The van der Waals surface area contributed by atoms with E-state index in [1.54, 1.807) is 11.3 Å². The molecule has 0 aliphatic rings. The lowest BCUT2D eigenvalue weighted by Crippen LogP contribution is -2.13. The van der Waals surface area contributed by atoms with E-state index in [-0.39, 0.29) is 12.1 Å². The van der Waals surface area contributed by atoms with E-state index in [4.69, 9.17) is 4.74 Å². The van der Waals surface area contributed by atoms with E-state index in [1.165, 1.54) is 0 Å². The first-order chi connectivity index (χ1) is 9.08. The number of hydrogen-bond acceptors (Lipinski definition) is 5. The van der Waals surface area contributed by atoms with Gasteiger partial charge in [0, 0.05) is 6.54 Å². The second-order valence-corrected chi connectivity index (χ2v) is 5.60. The minimum atomic E-state index is -0.189. The van der Waals surface area contributed by atoms with Crippen LogP contribution in [0.2, 0.25) is 0 Å².